The van der Waals surface area contributed by atoms with Gasteiger partial charge in [-0.05, 0) is 52.5 Å². The minimum absolute atomic E-state index is 0.237. The van der Waals surface area contributed by atoms with E-state index in [1.165, 1.54) is 0 Å². The molecule has 5 heteroatoms. The standard InChI is InChI=1S/C16H16BrClN2O/c1-10-7-12(17)15(9-13(10)18)20-16(21)14(19)8-11-5-3-2-4-6-11/h2-7,9,14H,8,19H2,1H3,(H,20,21)/t14-/m1/s1. The quantitative estimate of drug-likeness (QED) is 0.860. The number of benzene rings is 2. The molecule has 2 aromatic rings. The third-order valence-corrected chi connectivity index (χ3v) is 4.20. The molecule has 3 N–H and O–H groups in total. The summed E-state index contributed by atoms with van der Waals surface area (Å²) in [7, 11) is 0. The van der Waals surface area contributed by atoms with E-state index in [1.54, 1.807) is 6.07 Å². The minimum atomic E-state index is -0.612. The number of nitrogens with one attached hydrogen (secondary N) is 1. The van der Waals surface area contributed by atoms with Gasteiger partial charge in [-0.25, -0.2) is 0 Å². The van der Waals surface area contributed by atoms with Gasteiger partial charge < -0.3 is 11.1 Å². The molecule has 0 saturated heterocycles. The minimum Gasteiger partial charge on any atom is -0.324 e. The molecule has 0 aliphatic rings. The van der Waals surface area contributed by atoms with Crippen molar-refractivity contribution in [3.63, 3.8) is 0 Å². The molecular formula is C16H16BrClN2O. The maximum atomic E-state index is 12.2. The van der Waals surface area contributed by atoms with Crippen LogP contribution in [0.15, 0.2) is 46.9 Å². The Bertz CT molecular complexity index is 646. The summed E-state index contributed by atoms with van der Waals surface area (Å²) in [5.74, 6) is -0.237. The highest BCUT2D eigenvalue weighted by Gasteiger charge is 2.16. The lowest BCUT2D eigenvalue weighted by Gasteiger charge is -2.14. The van der Waals surface area contributed by atoms with Gasteiger partial charge in [0.25, 0.3) is 0 Å². The Morgan fingerprint density at radius 1 is 1.33 bits per heavy atom. The lowest BCUT2D eigenvalue weighted by molar-refractivity contribution is -0.117. The second kappa shape index (κ2) is 7.07. The van der Waals surface area contributed by atoms with E-state index in [2.05, 4.69) is 21.2 Å². The molecule has 2 aromatic carbocycles. The maximum Gasteiger partial charge on any atom is 0.241 e. The maximum absolute atomic E-state index is 12.2. The van der Waals surface area contributed by atoms with Gasteiger partial charge >= 0.3 is 0 Å². The molecule has 1 amide bonds. The summed E-state index contributed by atoms with van der Waals surface area (Å²) in [5.41, 5.74) is 8.55. The fourth-order valence-electron chi connectivity index (χ4n) is 1.93. The van der Waals surface area contributed by atoms with E-state index in [1.807, 2.05) is 43.3 Å². The second-order valence-electron chi connectivity index (χ2n) is 4.87. The molecule has 0 radical (unpaired) electrons. The molecule has 0 aromatic heterocycles. The third kappa shape index (κ3) is 4.30. The Hall–Kier alpha value is -1.36. The molecule has 0 saturated carbocycles. The van der Waals surface area contributed by atoms with Crippen molar-refractivity contribution in [2.24, 2.45) is 5.73 Å². The van der Waals surface area contributed by atoms with E-state index in [4.69, 9.17) is 17.3 Å². The lowest BCUT2D eigenvalue weighted by Crippen LogP contribution is -2.37. The second-order valence-corrected chi connectivity index (χ2v) is 6.13. The van der Waals surface area contributed by atoms with Gasteiger partial charge in [0.1, 0.15) is 0 Å². The number of aryl methyl sites for hydroxylation is 1. The summed E-state index contributed by atoms with van der Waals surface area (Å²) in [6.45, 7) is 1.90. The van der Waals surface area contributed by atoms with Crippen molar-refractivity contribution >= 4 is 39.1 Å². The monoisotopic (exact) mass is 366 g/mol. The van der Waals surface area contributed by atoms with Crippen molar-refractivity contribution in [2.45, 2.75) is 19.4 Å². The van der Waals surface area contributed by atoms with Crippen molar-refractivity contribution in [3.8, 4) is 0 Å². The first-order chi connectivity index (χ1) is 9.97. The SMILES string of the molecule is Cc1cc(Br)c(NC(=O)[C@H](N)Cc2ccccc2)cc1Cl. The van der Waals surface area contributed by atoms with E-state index in [-0.39, 0.29) is 5.91 Å². The smallest absolute Gasteiger partial charge is 0.241 e. The Morgan fingerprint density at radius 3 is 2.67 bits per heavy atom. The third-order valence-electron chi connectivity index (χ3n) is 3.14. The van der Waals surface area contributed by atoms with Crippen molar-refractivity contribution in [1.29, 1.82) is 0 Å². The number of halogens is 2. The molecule has 0 heterocycles. The number of hydrogen-bond donors (Lipinski definition) is 2. The molecule has 2 rings (SSSR count). The number of carbonyl (C=O) groups is 1. The predicted octanol–water partition coefficient (Wildman–Crippen LogP) is 3.92. The first kappa shape index (κ1) is 16.0. The van der Waals surface area contributed by atoms with Gasteiger partial charge in [0.05, 0.1) is 11.7 Å². The van der Waals surface area contributed by atoms with Gasteiger partial charge in [-0.1, -0.05) is 41.9 Å². The molecule has 0 bridgehead atoms. The van der Waals surface area contributed by atoms with E-state index in [9.17, 15) is 4.79 Å². The van der Waals surface area contributed by atoms with Crippen molar-refractivity contribution < 1.29 is 4.79 Å². The van der Waals surface area contributed by atoms with Gasteiger partial charge in [0.2, 0.25) is 5.91 Å². The van der Waals surface area contributed by atoms with Crippen LogP contribution >= 0.6 is 27.5 Å². The normalized spacial score (nSPS) is 12.0. The van der Waals surface area contributed by atoms with Crippen LogP contribution in [-0.4, -0.2) is 11.9 Å². The van der Waals surface area contributed by atoms with Gasteiger partial charge in [-0.2, -0.15) is 0 Å². The Morgan fingerprint density at radius 2 is 2.00 bits per heavy atom. The molecule has 1 atom stereocenters. The average Bonchev–Trinajstić information content (AvgIpc) is 2.45. The number of anilines is 1. The van der Waals surface area contributed by atoms with Crippen LogP contribution in [0, 0.1) is 6.92 Å². The summed E-state index contributed by atoms with van der Waals surface area (Å²) in [6, 6.07) is 12.7. The van der Waals surface area contributed by atoms with Crippen molar-refractivity contribution in [3.05, 3.63) is 63.1 Å². The zero-order valence-corrected chi connectivity index (χ0v) is 13.9. The summed E-state index contributed by atoms with van der Waals surface area (Å²) < 4.78 is 0.782. The van der Waals surface area contributed by atoms with Crippen LogP contribution in [0.25, 0.3) is 0 Å². The van der Waals surface area contributed by atoms with Crippen LogP contribution in [-0.2, 0) is 11.2 Å². The number of carbonyl (C=O) groups excluding carboxylic acids is 1. The summed E-state index contributed by atoms with van der Waals surface area (Å²) in [4.78, 5) is 12.2. The molecule has 0 unspecified atom stereocenters. The number of rotatable bonds is 4. The Balaban J connectivity index is 2.06. The van der Waals surface area contributed by atoms with E-state index < -0.39 is 6.04 Å². The molecule has 0 aliphatic carbocycles. The molecule has 0 fully saturated rings. The van der Waals surface area contributed by atoms with Gasteiger partial charge in [0, 0.05) is 9.50 Å². The van der Waals surface area contributed by atoms with Crippen molar-refractivity contribution in [2.75, 3.05) is 5.32 Å². The van der Waals surface area contributed by atoms with Gasteiger partial charge in [0.15, 0.2) is 0 Å². The zero-order chi connectivity index (χ0) is 15.4. The molecule has 0 aliphatic heterocycles. The van der Waals surface area contributed by atoms with Gasteiger partial charge in [-0.15, -0.1) is 0 Å². The van der Waals surface area contributed by atoms with E-state index in [0.29, 0.717) is 17.1 Å². The highest BCUT2D eigenvalue weighted by molar-refractivity contribution is 9.10. The topological polar surface area (TPSA) is 55.1 Å². The highest BCUT2D eigenvalue weighted by atomic mass is 79.9. The van der Waals surface area contributed by atoms with Crippen LogP contribution in [0.2, 0.25) is 5.02 Å². The van der Waals surface area contributed by atoms with Crippen LogP contribution < -0.4 is 11.1 Å². The predicted molar refractivity (Wildman–Crippen MR) is 90.6 cm³/mol. The number of nitrogens with two attached hydrogens (primary N) is 1. The first-order valence-electron chi connectivity index (χ1n) is 6.53. The summed E-state index contributed by atoms with van der Waals surface area (Å²) >= 11 is 9.49. The molecule has 110 valence electrons. The Labute approximate surface area is 137 Å². The van der Waals surface area contributed by atoms with Crippen LogP contribution in [0.5, 0.6) is 0 Å². The highest BCUT2D eigenvalue weighted by Crippen LogP contribution is 2.29. The average molecular weight is 368 g/mol. The first-order valence-corrected chi connectivity index (χ1v) is 7.70. The fraction of sp³-hybridized carbons (Fsp3) is 0.188. The summed E-state index contributed by atoms with van der Waals surface area (Å²) in [6.07, 6.45) is 0.490. The fourth-order valence-corrected chi connectivity index (χ4v) is 2.65. The van der Waals surface area contributed by atoms with Crippen LogP contribution in [0.4, 0.5) is 5.69 Å². The van der Waals surface area contributed by atoms with E-state index in [0.717, 1.165) is 15.6 Å². The van der Waals surface area contributed by atoms with Crippen LogP contribution in [0.1, 0.15) is 11.1 Å². The molecule has 0 spiro atoms. The molecule has 21 heavy (non-hydrogen) atoms. The Kier molecular flexibility index (Phi) is 5.39. The largest absolute Gasteiger partial charge is 0.324 e. The lowest BCUT2D eigenvalue weighted by atomic mass is 10.1. The number of amides is 1. The van der Waals surface area contributed by atoms with Crippen molar-refractivity contribution in [1.82, 2.24) is 0 Å². The van der Waals surface area contributed by atoms with E-state index >= 15 is 0 Å². The number of hydrogen-bond acceptors (Lipinski definition) is 2. The van der Waals surface area contributed by atoms with Crippen LogP contribution in [0.3, 0.4) is 0 Å². The summed E-state index contributed by atoms with van der Waals surface area (Å²) in [5, 5.41) is 3.40. The zero-order valence-electron chi connectivity index (χ0n) is 11.6. The van der Waals surface area contributed by atoms with Gasteiger partial charge in [-0.3, -0.25) is 4.79 Å². The molecule has 3 nitrogen and oxygen atoms in total. The molecular weight excluding hydrogens is 352 g/mol.